The Balaban J connectivity index is 2.96. The van der Waals surface area contributed by atoms with Crippen molar-refractivity contribution in [1.82, 2.24) is 4.90 Å². The topological polar surface area (TPSA) is 49.9 Å². The molecule has 98 valence electrons. The van der Waals surface area contributed by atoms with Gasteiger partial charge in [-0.1, -0.05) is 12.1 Å². The number of para-hydroxylation sites is 2. The molecule has 0 radical (unpaired) electrons. The van der Waals surface area contributed by atoms with Gasteiger partial charge in [-0.05, 0) is 33.2 Å². The van der Waals surface area contributed by atoms with E-state index in [2.05, 4.69) is 0 Å². The molecule has 0 N–H and O–H groups in total. The summed E-state index contributed by atoms with van der Waals surface area (Å²) in [6.07, 6.45) is -0.871. The number of rotatable bonds is 4. The number of carbonyl (C=O) groups excluding carboxylic acids is 2. The maximum atomic E-state index is 11.9. The molecule has 1 aromatic rings. The van der Waals surface area contributed by atoms with Gasteiger partial charge in [0, 0.05) is 7.05 Å². The highest BCUT2D eigenvalue weighted by atomic mass is 16.5. The highest BCUT2D eigenvalue weighted by Gasteiger charge is 2.19. The van der Waals surface area contributed by atoms with Crippen molar-refractivity contribution in [3.63, 3.8) is 0 Å². The van der Waals surface area contributed by atoms with Crippen LogP contribution in [0.1, 0.15) is 8.29 Å². The Hall–Kier alpha value is -1.88. The first kappa shape index (κ1) is 12.6. The van der Waals surface area contributed by atoms with Crippen molar-refractivity contribution >= 4 is 18.0 Å². The SMILES string of the molecule is [2H]C(=O)N(C)c1ccccc1OC(=O)C(C)N(C)C. The minimum atomic E-state index is -0.871. The summed E-state index contributed by atoms with van der Waals surface area (Å²) in [5.74, 6) is -0.146. The first-order chi connectivity index (χ1) is 8.84. The average molecular weight is 251 g/mol. The molecule has 0 aromatic heterocycles. The van der Waals surface area contributed by atoms with Crippen LogP contribution in [0.2, 0.25) is 0 Å². The first-order valence-corrected chi connectivity index (χ1v) is 5.56. The van der Waals surface area contributed by atoms with Gasteiger partial charge in [0.05, 0.1) is 5.69 Å². The zero-order valence-electron chi connectivity index (χ0n) is 12.0. The van der Waals surface area contributed by atoms with Crippen LogP contribution in [0.4, 0.5) is 5.69 Å². The van der Waals surface area contributed by atoms with Gasteiger partial charge >= 0.3 is 5.97 Å². The lowest BCUT2D eigenvalue weighted by Crippen LogP contribution is -2.36. The summed E-state index contributed by atoms with van der Waals surface area (Å²) >= 11 is 0. The zero-order chi connectivity index (χ0) is 14.6. The van der Waals surface area contributed by atoms with Gasteiger partial charge in [-0.2, -0.15) is 0 Å². The fourth-order valence-electron chi connectivity index (χ4n) is 1.27. The molecule has 0 saturated heterocycles. The summed E-state index contributed by atoms with van der Waals surface area (Å²) in [6.45, 7) is 1.73. The Kier molecular flexibility index (Phi) is 4.30. The Morgan fingerprint density at radius 2 is 2.00 bits per heavy atom. The van der Waals surface area contributed by atoms with Crippen LogP contribution in [0.15, 0.2) is 24.3 Å². The van der Waals surface area contributed by atoms with Gasteiger partial charge in [-0.25, -0.2) is 4.79 Å². The summed E-state index contributed by atoms with van der Waals surface area (Å²) in [6, 6.07) is 6.23. The lowest BCUT2D eigenvalue weighted by atomic mass is 10.2. The molecule has 0 spiro atoms. The molecule has 0 aliphatic heterocycles. The Bertz CT molecular complexity index is 477. The van der Waals surface area contributed by atoms with Crippen molar-refractivity contribution in [1.29, 1.82) is 0 Å². The van der Waals surface area contributed by atoms with Crippen LogP contribution in [-0.4, -0.2) is 44.4 Å². The third kappa shape index (κ3) is 3.30. The second-order valence-corrected chi connectivity index (χ2v) is 4.18. The molecule has 1 amide bonds. The fourth-order valence-corrected chi connectivity index (χ4v) is 1.27. The fraction of sp³-hybridized carbons (Fsp3) is 0.385. The number of ether oxygens (including phenoxy) is 1. The van der Waals surface area contributed by atoms with Crippen molar-refractivity contribution in [2.75, 3.05) is 26.0 Å². The predicted molar refractivity (Wildman–Crippen MR) is 69.7 cm³/mol. The number of esters is 1. The lowest BCUT2D eigenvalue weighted by Gasteiger charge is -2.20. The predicted octanol–water partition coefficient (Wildman–Crippen LogP) is 1.13. The quantitative estimate of drug-likeness (QED) is 0.457. The molecule has 1 aromatic carbocycles. The van der Waals surface area contributed by atoms with Crippen LogP contribution >= 0.6 is 0 Å². The lowest BCUT2D eigenvalue weighted by molar-refractivity contribution is -0.138. The van der Waals surface area contributed by atoms with Gasteiger partial charge in [0.15, 0.2) is 5.75 Å². The van der Waals surface area contributed by atoms with E-state index in [0.717, 1.165) is 4.90 Å². The summed E-state index contributed by atoms with van der Waals surface area (Å²) in [5.41, 5.74) is 0.391. The molecule has 1 rings (SSSR count). The van der Waals surface area contributed by atoms with Gasteiger partial charge in [-0.3, -0.25) is 9.69 Å². The monoisotopic (exact) mass is 251 g/mol. The summed E-state index contributed by atoms with van der Waals surface area (Å²) < 4.78 is 12.4. The van der Waals surface area contributed by atoms with E-state index in [0.29, 0.717) is 5.69 Å². The van der Waals surface area contributed by atoms with E-state index in [1.807, 2.05) is 0 Å². The highest BCUT2D eigenvalue weighted by molar-refractivity contribution is 5.83. The van der Waals surface area contributed by atoms with E-state index in [4.69, 9.17) is 6.11 Å². The van der Waals surface area contributed by atoms with E-state index in [1.54, 1.807) is 50.2 Å². The molecule has 0 saturated carbocycles. The molecule has 0 aliphatic carbocycles. The summed E-state index contributed by atoms with van der Waals surface area (Å²) in [4.78, 5) is 25.8. The second-order valence-electron chi connectivity index (χ2n) is 4.18. The Morgan fingerprint density at radius 1 is 1.39 bits per heavy atom. The minimum Gasteiger partial charge on any atom is -0.423 e. The summed E-state index contributed by atoms with van der Waals surface area (Å²) in [7, 11) is 5.01. The Morgan fingerprint density at radius 3 is 2.56 bits per heavy atom. The first-order valence-electron chi connectivity index (χ1n) is 6.06. The maximum Gasteiger partial charge on any atom is 0.328 e. The molecule has 0 heterocycles. The van der Waals surface area contributed by atoms with Gasteiger partial charge in [0.25, 0.3) is 0 Å². The number of hydrogen-bond donors (Lipinski definition) is 0. The van der Waals surface area contributed by atoms with E-state index in [9.17, 15) is 9.59 Å². The van der Waals surface area contributed by atoms with Gasteiger partial charge in [0.2, 0.25) is 6.39 Å². The van der Waals surface area contributed by atoms with Gasteiger partial charge in [-0.15, -0.1) is 0 Å². The van der Waals surface area contributed by atoms with Crippen molar-refractivity contribution in [2.45, 2.75) is 13.0 Å². The zero-order valence-corrected chi connectivity index (χ0v) is 11.0. The van der Waals surface area contributed by atoms with Crippen LogP contribution in [0.25, 0.3) is 0 Å². The number of likely N-dealkylation sites (N-methyl/N-ethyl adjacent to an activating group) is 1. The molecular formula is C13H18N2O3. The largest absolute Gasteiger partial charge is 0.423 e. The van der Waals surface area contributed by atoms with E-state index in [-0.39, 0.29) is 5.75 Å². The molecule has 18 heavy (non-hydrogen) atoms. The van der Waals surface area contributed by atoms with Gasteiger partial charge in [0.1, 0.15) is 7.41 Å². The molecule has 0 bridgehead atoms. The number of hydrogen-bond acceptors (Lipinski definition) is 4. The molecule has 5 heteroatoms. The maximum absolute atomic E-state index is 11.9. The van der Waals surface area contributed by atoms with E-state index < -0.39 is 18.4 Å². The number of benzene rings is 1. The molecule has 0 aliphatic rings. The smallest absolute Gasteiger partial charge is 0.328 e. The second kappa shape index (κ2) is 6.16. The number of anilines is 1. The van der Waals surface area contributed by atoms with Crippen molar-refractivity contribution < 1.29 is 15.7 Å². The number of carbonyl (C=O) groups is 2. The third-order valence-corrected chi connectivity index (χ3v) is 2.69. The van der Waals surface area contributed by atoms with Crippen LogP contribution in [0, 0.1) is 0 Å². The standard InChI is InChI=1S/C13H18N2O3/c1-10(14(2)3)13(17)18-12-8-6-5-7-11(12)15(4)9-16/h5-10H,1-4H3/i9D. The minimum absolute atomic E-state index is 0.268. The molecule has 1 atom stereocenters. The highest BCUT2D eigenvalue weighted by Crippen LogP contribution is 2.26. The Labute approximate surface area is 108 Å². The van der Waals surface area contributed by atoms with Crippen LogP contribution in [0.5, 0.6) is 5.75 Å². The average Bonchev–Trinajstić information content (AvgIpc) is 2.37. The third-order valence-electron chi connectivity index (χ3n) is 2.69. The molecule has 1 unspecified atom stereocenters. The van der Waals surface area contributed by atoms with E-state index in [1.165, 1.54) is 7.05 Å². The normalized spacial score (nSPS) is 12.8. The molecular weight excluding hydrogens is 232 g/mol. The number of nitrogens with zero attached hydrogens (tertiary/aromatic N) is 2. The van der Waals surface area contributed by atoms with Gasteiger partial charge < -0.3 is 9.64 Å². The molecule has 5 nitrogen and oxygen atoms in total. The van der Waals surface area contributed by atoms with Crippen LogP contribution in [0.3, 0.4) is 0 Å². The molecule has 0 fully saturated rings. The van der Waals surface area contributed by atoms with Crippen LogP contribution in [-0.2, 0) is 9.59 Å². The number of amides is 1. The van der Waals surface area contributed by atoms with Crippen LogP contribution < -0.4 is 9.64 Å². The van der Waals surface area contributed by atoms with Crippen molar-refractivity contribution in [3.05, 3.63) is 24.3 Å². The van der Waals surface area contributed by atoms with Crippen molar-refractivity contribution in [2.24, 2.45) is 0 Å². The van der Waals surface area contributed by atoms with Crippen molar-refractivity contribution in [3.8, 4) is 5.75 Å². The summed E-state index contributed by atoms with van der Waals surface area (Å²) in [5, 5.41) is 0. The van der Waals surface area contributed by atoms with E-state index >= 15 is 0 Å².